The van der Waals surface area contributed by atoms with Crippen LogP contribution in [0.1, 0.15) is 11.7 Å². The minimum atomic E-state index is -0.0631. The Kier molecular flexibility index (Phi) is 7.00. The third-order valence-electron chi connectivity index (χ3n) is 4.73. The van der Waals surface area contributed by atoms with Gasteiger partial charge in [-0.05, 0) is 12.1 Å². The summed E-state index contributed by atoms with van der Waals surface area (Å²) in [6.45, 7) is 3.31. The van der Waals surface area contributed by atoms with Crippen LogP contribution in [0, 0.1) is 0 Å². The lowest BCUT2D eigenvalue weighted by Gasteiger charge is -2.35. The van der Waals surface area contributed by atoms with Gasteiger partial charge in [-0.3, -0.25) is 9.67 Å². The van der Waals surface area contributed by atoms with Crippen LogP contribution in [0.5, 0.6) is 11.5 Å². The van der Waals surface area contributed by atoms with E-state index in [1.807, 2.05) is 43.7 Å². The number of benzene rings is 1. The fourth-order valence-electron chi connectivity index (χ4n) is 3.35. The Hall–Kier alpha value is -2.01. The fourth-order valence-corrected chi connectivity index (χ4v) is 3.35. The Morgan fingerprint density at radius 3 is 2.89 bits per heavy atom. The standard InChI is InChI=1S/C19H25N5O3.HI/c1-20-19(21-10-15-13-26-16-5-3-4-6-17(16)27-15)24-7-8-25-18(12-24)14-9-22-23(2)11-14;/h3-6,9,11,15,18H,7-8,10,12-13H2,1-2H3,(H,20,21);1H. The number of hydrogen-bond acceptors (Lipinski definition) is 5. The molecule has 0 amide bonds. The quantitative estimate of drug-likeness (QED) is 0.395. The maximum absolute atomic E-state index is 6.01. The summed E-state index contributed by atoms with van der Waals surface area (Å²) in [6.07, 6.45) is 3.78. The molecule has 1 N–H and O–H groups in total. The number of nitrogens with zero attached hydrogens (tertiary/aromatic N) is 4. The smallest absolute Gasteiger partial charge is 0.193 e. The van der Waals surface area contributed by atoms with Crippen LogP contribution >= 0.6 is 24.0 Å². The van der Waals surface area contributed by atoms with Gasteiger partial charge in [0.05, 0.1) is 25.9 Å². The Morgan fingerprint density at radius 1 is 1.32 bits per heavy atom. The summed E-state index contributed by atoms with van der Waals surface area (Å²) in [7, 11) is 3.71. The van der Waals surface area contributed by atoms with Crippen molar-refractivity contribution in [2.45, 2.75) is 12.2 Å². The first kappa shape index (κ1) is 20.7. The molecule has 0 radical (unpaired) electrons. The molecule has 3 heterocycles. The van der Waals surface area contributed by atoms with E-state index >= 15 is 0 Å². The number of aliphatic imine (C=N–C) groups is 1. The first-order valence-corrected chi connectivity index (χ1v) is 9.17. The van der Waals surface area contributed by atoms with E-state index in [9.17, 15) is 0 Å². The Balaban J connectivity index is 0.00000225. The number of para-hydroxylation sites is 2. The van der Waals surface area contributed by atoms with Gasteiger partial charge in [0.15, 0.2) is 17.5 Å². The molecule has 2 atom stereocenters. The molecule has 9 heteroatoms. The van der Waals surface area contributed by atoms with Crippen molar-refractivity contribution in [2.24, 2.45) is 12.0 Å². The van der Waals surface area contributed by atoms with E-state index in [2.05, 4.69) is 20.3 Å². The number of hydrogen-bond donors (Lipinski definition) is 1. The van der Waals surface area contributed by atoms with E-state index in [4.69, 9.17) is 14.2 Å². The Morgan fingerprint density at radius 2 is 2.14 bits per heavy atom. The number of morpholine rings is 1. The fraction of sp³-hybridized carbons (Fsp3) is 0.474. The van der Waals surface area contributed by atoms with Gasteiger partial charge in [-0.2, -0.15) is 5.10 Å². The van der Waals surface area contributed by atoms with Gasteiger partial charge in [0.25, 0.3) is 0 Å². The molecule has 8 nitrogen and oxygen atoms in total. The van der Waals surface area contributed by atoms with E-state index < -0.39 is 0 Å². The third-order valence-corrected chi connectivity index (χ3v) is 4.73. The van der Waals surface area contributed by atoms with Crippen LogP contribution in [0.2, 0.25) is 0 Å². The molecular formula is C19H26IN5O3. The van der Waals surface area contributed by atoms with Crippen LogP contribution in [0.25, 0.3) is 0 Å². The molecule has 0 saturated carbocycles. The summed E-state index contributed by atoms with van der Waals surface area (Å²) in [6, 6.07) is 7.74. The van der Waals surface area contributed by atoms with E-state index in [1.54, 1.807) is 11.7 Å². The Bertz CT molecular complexity index is 812. The lowest BCUT2D eigenvalue weighted by atomic mass is 10.1. The van der Waals surface area contributed by atoms with Crippen LogP contribution in [0.15, 0.2) is 41.7 Å². The molecule has 1 saturated heterocycles. The first-order valence-electron chi connectivity index (χ1n) is 9.17. The van der Waals surface area contributed by atoms with Gasteiger partial charge in [-0.15, -0.1) is 24.0 Å². The number of ether oxygens (including phenoxy) is 3. The van der Waals surface area contributed by atoms with Gasteiger partial charge in [-0.1, -0.05) is 12.1 Å². The molecule has 1 fully saturated rings. The summed E-state index contributed by atoms with van der Waals surface area (Å²) in [5.74, 6) is 2.42. The average Bonchev–Trinajstić information content (AvgIpc) is 3.15. The number of aryl methyl sites for hydroxylation is 1. The predicted octanol–water partition coefficient (Wildman–Crippen LogP) is 1.83. The normalized spacial score (nSPS) is 21.8. The average molecular weight is 499 g/mol. The number of nitrogens with one attached hydrogen (secondary N) is 1. The molecule has 0 aliphatic carbocycles. The number of halogens is 1. The van der Waals surface area contributed by atoms with Crippen molar-refractivity contribution >= 4 is 29.9 Å². The lowest BCUT2D eigenvalue weighted by Crippen LogP contribution is -2.51. The number of fused-ring (bicyclic) bond motifs is 1. The van der Waals surface area contributed by atoms with E-state index in [1.165, 1.54) is 0 Å². The summed E-state index contributed by atoms with van der Waals surface area (Å²) >= 11 is 0. The van der Waals surface area contributed by atoms with E-state index in [0.717, 1.165) is 36.1 Å². The maximum Gasteiger partial charge on any atom is 0.193 e. The molecule has 1 aromatic carbocycles. The van der Waals surface area contributed by atoms with Crippen molar-refractivity contribution in [1.29, 1.82) is 0 Å². The highest BCUT2D eigenvalue weighted by atomic mass is 127. The maximum atomic E-state index is 6.01. The number of rotatable bonds is 3. The van der Waals surface area contributed by atoms with Crippen LogP contribution in [-0.4, -0.2) is 66.6 Å². The van der Waals surface area contributed by atoms with Crippen molar-refractivity contribution in [2.75, 3.05) is 39.9 Å². The van der Waals surface area contributed by atoms with Gasteiger partial charge < -0.3 is 24.4 Å². The van der Waals surface area contributed by atoms with Gasteiger partial charge in [0.1, 0.15) is 18.8 Å². The molecule has 0 bridgehead atoms. The van der Waals surface area contributed by atoms with Crippen molar-refractivity contribution in [3.05, 3.63) is 42.2 Å². The van der Waals surface area contributed by atoms with Crippen molar-refractivity contribution in [1.82, 2.24) is 20.0 Å². The van der Waals surface area contributed by atoms with Gasteiger partial charge in [0.2, 0.25) is 0 Å². The van der Waals surface area contributed by atoms with Gasteiger partial charge in [0, 0.05) is 32.4 Å². The van der Waals surface area contributed by atoms with Gasteiger partial charge in [-0.25, -0.2) is 0 Å². The molecule has 2 aliphatic heterocycles. The first-order chi connectivity index (χ1) is 13.2. The highest BCUT2D eigenvalue weighted by Crippen LogP contribution is 2.30. The third kappa shape index (κ3) is 4.69. The topological polar surface area (TPSA) is 73.1 Å². The predicted molar refractivity (Wildman–Crippen MR) is 117 cm³/mol. The summed E-state index contributed by atoms with van der Waals surface area (Å²) < 4.78 is 19.5. The minimum absolute atomic E-state index is 0. The van der Waals surface area contributed by atoms with Crippen molar-refractivity contribution < 1.29 is 14.2 Å². The highest BCUT2D eigenvalue weighted by molar-refractivity contribution is 14.0. The SMILES string of the molecule is CN=C(NCC1COc2ccccc2O1)N1CCOC(c2cnn(C)c2)C1.I. The van der Waals surface area contributed by atoms with Crippen LogP contribution in [-0.2, 0) is 11.8 Å². The van der Waals surface area contributed by atoms with Crippen LogP contribution in [0.4, 0.5) is 0 Å². The van der Waals surface area contributed by atoms with Crippen LogP contribution < -0.4 is 14.8 Å². The zero-order valence-electron chi connectivity index (χ0n) is 16.1. The number of aromatic nitrogens is 2. The monoisotopic (exact) mass is 499 g/mol. The van der Waals surface area contributed by atoms with Crippen LogP contribution in [0.3, 0.4) is 0 Å². The molecule has 152 valence electrons. The van der Waals surface area contributed by atoms with E-state index in [0.29, 0.717) is 19.8 Å². The summed E-state index contributed by atoms with van der Waals surface area (Å²) in [5.41, 5.74) is 1.08. The summed E-state index contributed by atoms with van der Waals surface area (Å²) in [5, 5.41) is 7.65. The minimum Gasteiger partial charge on any atom is -0.486 e. The largest absolute Gasteiger partial charge is 0.486 e. The Labute approximate surface area is 181 Å². The molecular weight excluding hydrogens is 473 g/mol. The second kappa shape index (κ2) is 9.46. The lowest BCUT2D eigenvalue weighted by molar-refractivity contribution is -0.00832. The second-order valence-electron chi connectivity index (χ2n) is 6.68. The second-order valence-corrected chi connectivity index (χ2v) is 6.68. The molecule has 28 heavy (non-hydrogen) atoms. The molecule has 2 aliphatic rings. The van der Waals surface area contributed by atoms with Gasteiger partial charge >= 0.3 is 0 Å². The van der Waals surface area contributed by atoms with Crippen molar-refractivity contribution in [3.63, 3.8) is 0 Å². The molecule has 1 aromatic heterocycles. The van der Waals surface area contributed by atoms with Crippen molar-refractivity contribution in [3.8, 4) is 11.5 Å². The zero-order chi connectivity index (χ0) is 18.6. The highest BCUT2D eigenvalue weighted by Gasteiger charge is 2.26. The molecule has 2 unspecified atom stereocenters. The number of guanidine groups is 1. The zero-order valence-corrected chi connectivity index (χ0v) is 18.4. The summed E-state index contributed by atoms with van der Waals surface area (Å²) in [4.78, 5) is 6.64. The van der Waals surface area contributed by atoms with E-state index in [-0.39, 0.29) is 36.2 Å². The molecule has 2 aromatic rings. The molecule has 4 rings (SSSR count). The molecule has 0 spiro atoms.